The van der Waals surface area contributed by atoms with Crippen molar-refractivity contribution in [2.75, 3.05) is 17.7 Å². The minimum Gasteiger partial charge on any atom is -0.453 e. The van der Waals surface area contributed by atoms with Gasteiger partial charge in [-0.3, -0.25) is 20.2 Å². The van der Waals surface area contributed by atoms with Crippen LogP contribution in [0.4, 0.5) is 21.9 Å². The van der Waals surface area contributed by atoms with E-state index >= 15 is 0 Å². The lowest BCUT2D eigenvalue weighted by Gasteiger charge is -2.12. The molecule has 2 aromatic rings. The highest BCUT2D eigenvalue weighted by Gasteiger charge is 2.15. The highest BCUT2D eigenvalue weighted by Crippen LogP contribution is 2.26. The molecule has 0 aliphatic heterocycles. The molecule has 0 heterocycles. The largest absolute Gasteiger partial charge is 0.453 e. The molecule has 0 aliphatic rings. The number of thioether (sulfide) groups is 1. The number of nitro groups is 1. The molecule has 0 fully saturated rings. The van der Waals surface area contributed by atoms with Gasteiger partial charge in [-0.1, -0.05) is 0 Å². The van der Waals surface area contributed by atoms with Gasteiger partial charge in [0.1, 0.15) is 0 Å². The zero-order valence-corrected chi connectivity index (χ0v) is 14.9. The van der Waals surface area contributed by atoms with Gasteiger partial charge in [0.25, 0.3) is 5.69 Å². The van der Waals surface area contributed by atoms with E-state index in [1.807, 2.05) is 0 Å². The maximum absolute atomic E-state index is 12.3. The fourth-order valence-electron chi connectivity index (χ4n) is 1.95. The van der Waals surface area contributed by atoms with E-state index in [1.165, 1.54) is 31.0 Å². The number of benzene rings is 2. The van der Waals surface area contributed by atoms with Crippen molar-refractivity contribution in [2.45, 2.75) is 17.1 Å². The summed E-state index contributed by atoms with van der Waals surface area (Å²) in [5, 5.41) is 15.5. The van der Waals surface area contributed by atoms with E-state index in [4.69, 9.17) is 0 Å². The third-order valence-electron chi connectivity index (χ3n) is 3.31. The number of carbonyl (C=O) groups excluding carboxylic acids is 2. The van der Waals surface area contributed by atoms with Crippen LogP contribution in [0.1, 0.15) is 6.92 Å². The molecule has 0 aliphatic carbocycles. The fraction of sp³-hybridized carbons (Fsp3) is 0.176. The topological polar surface area (TPSA) is 111 Å². The van der Waals surface area contributed by atoms with Crippen molar-refractivity contribution >= 4 is 40.8 Å². The zero-order valence-electron chi connectivity index (χ0n) is 14.1. The molecule has 26 heavy (non-hydrogen) atoms. The Bertz CT molecular complexity index is 793. The number of anilines is 2. The van der Waals surface area contributed by atoms with E-state index in [0.717, 1.165) is 4.90 Å². The molecule has 136 valence electrons. The summed E-state index contributed by atoms with van der Waals surface area (Å²) in [7, 11) is 1.27. The number of rotatable bonds is 6. The molecule has 1 unspecified atom stereocenters. The highest BCUT2D eigenvalue weighted by molar-refractivity contribution is 8.00. The summed E-state index contributed by atoms with van der Waals surface area (Å²) >= 11 is 1.30. The van der Waals surface area contributed by atoms with Gasteiger partial charge in [0.2, 0.25) is 5.91 Å². The molecule has 0 saturated heterocycles. The first-order valence-electron chi connectivity index (χ1n) is 7.56. The van der Waals surface area contributed by atoms with E-state index in [1.54, 1.807) is 43.3 Å². The van der Waals surface area contributed by atoms with Crippen molar-refractivity contribution < 1.29 is 19.2 Å². The lowest BCUT2D eigenvalue weighted by molar-refractivity contribution is -0.384. The van der Waals surface area contributed by atoms with Crippen molar-refractivity contribution in [1.82, 2.24) is 0 Å². The molecule has 1 atom stereocenters. The number of nitrogens with one attached hydrogen (secondary N) is 2. The monoisotopic (exact) mass is 375 g/mol. The van der Waals surface area contributed by atoms with Crippen LogP contribution in [0.25, 0.3) is 0 Å². The highest BCUT2D eigenvalue weighted by atomic mass is 32.2. The molecule has 0 spiro atoms. The first-order valence-corrected chi connectivity index (χ1v) is 8.44. The van der Waals surface area contributed by atoms with Crippen molar-refractivity contribution in [3.8, 4) is 0 Å². The molecular formula is C17H17N3O5S. The minimum absolute atomic E-state index is 0.00658. The van der Waals surface area contributed by atoms with Crippen molar-refractivity contribution in [2.24, 2.45) is 0 Å². The third-order valence-corrected chi connectivity index (χ3v) is 4.43. The SMILES string of the molecule is COC(=O)Nc1ccc(NC(=O)C(C)Sc2ccc([N+](=O)[O-])cc2)cc1. The molecule has 0 radical (unpaired) electrons. The lowest BCUT2D eigenvalue weighted by atomic mass is 10.2. The van der Waals surface area contributed by atoms with E-state index in [-0.39, 0.29) is 11.6 Å². The summed E-state index contributed by atoms with van der Waals surface area (Å²) in [6, 6.07) is 12.6. The van der Waals surface area contributed by atoms with Gasteiger partial charge in [-0.05, 0) is 43.3 Å². The number of non-ortho nitro benzene ring substituents is 1. The number of hydrogen-bond donors (Lipinski definition) is 2. The molecule has 2 rings (SSSR count). The van der Waals surface area contributed by atoms with Crippen LogP contribution in [0.2, 0.25) is 0 Å². The molecule has 0 saturated carbocycles. The number of hydrogen-bond acceptors (Lipinski definition) is 6. The van der Waals surface area contributed by atoms with E-state index in [9.17, 15) is 19.7 Å². The van der Waals surface area contributed by atoms with Gasteiger partial charge < -0.3 is 10.1 Å². The maximum Gasteiger partial charge on any atom is 0.411 e. The standard InChI is InChI=1S/C17H17N3O5S/c1-11(26-15-9-7-14(8-10-15)20(23)24)16(21)18-12-3-5-13(6-4-12)19-17(22)25-2/h3-11H,1-2H3,(H,18,21)(H,19,22). The van der Waals surface area contributed by atoms with Crippen LogP contribution >= 0.6 is 11.8 Å². The summed E-state index contributed by atoms with van der Waals surface area (Å²) in [6.07, 6.45) is -0.574. The third kappa shape index (κ3) is 5.49. The van der Waals surface area contributed by atoms with Gasteiger partial charge >= 0.3 is 6.09 Å². The number of methoxy groups -OCH3 is 1. The predicted octanol–water partition coefficient (Wildman–Crippen LogP) is 3.89. The normalized spacial score (nSPS) is 11.3. The summed E-state index contributed by atoms with van der Waals surface area (Å²) in [5.41, 5.74) is 1.14. The number of nitro benzene ring substituents is 1. The molecule has 8 nitrogen and oxygen atoms in total. The Balaban J connectivity index is 1.91. The summed E-state index contributed by atoms with van der Waals surface area (Å²) in [5.74, 6) is -0.206. The van der Waals surface area contributed by atoms with Crippen molar-refractivity contribution in [3.05, 3.63) is 58.6 Å². The molecule has 2 N–H and O–H groups in total. The van der Waals surface area contributed by atoms with E-state index in [2.05, 4.69) is 15.4 Å². The van der Waals surface area contributed by atoms with Gasteiger partial charge in [0.15, 0.2) is 0 Å². The van der Waals surface area contributed by atoms with E-state index in [0.29, 0.717) is 11.4 Å². The first-order chi connectivity index (χ1) is 12.4. The zero-order chi connectivity index (χ0) is 19.1. The summed E-state index contributed by atoms with van der Waals surface area (Å²) in [4.78, 5) is 34.3. The Kier molecular flexibility index (Phi) is 6.56. The van der Waals surface area contributed by atoms with Crippen LogP contribution in [0, 0.1) is 10.1 Å². The van der Waals surface area contributed by atoms with Crippen LogP contribution in [0.3, 0.4) is 0 Å². The van der Waals surface area contributed by atoms with Gasteiger partial charge in [-0.15, -0.1) is 11.8 Å². The van der Waals surface area contributed by atoms with Gasteiger partial charge in [-0.2, -0.15) is 0 Å². The van der Waals surface area contributed by atoms with Gasteiger partial charge in [0.05, 0.1) is 17.3 Å². The minimum atomic E-state index is -0.574. The Morgan fingerprint density at radius 1 is 1.04 bits per heavy atom. The quantitative estimate of drug-likeness (QED) is 0.450. The van der Waals surface area contributed by atoms with Crippen LogP contribution < -0.4 is 10.6 Å². The number of nitrogens with zero attached hydrogens (tertiary/aromatic N) is 1. The Labute approximate surface area is 154 Å². The fourth-order valence-corrected chi connectivity index (χ4v) is 2.82. The van der Waals surface area contributed by atoms with Crippen LogP contribution in [0.15, 0.2) is 53.4 Å². The Morgan fingerprint density at radius 3 is 2.08 bits per heavy atom. The molecule has 2 amide bonds. The molecule has 9 heteroatoms. The molecule has 0 aromatic heterocycles. The van der Waals surface area contributed by atoms with Gasteiger partial charge in [-0.25, -0.2) is 4.79 Å². The Hall–Kier alpha value is -3.07. The molecule has 0 bridgehead atoms. The van der Waals surface area contributed by atoms with E-state index < -0.39 is 16.3 Å². The number of amides is 2. The van der Waals surface area contributed by atoms with Crippen molar-refractivity contribution in [3.63, 3.8) is 0 Å². The number of carbonyl (C=O) groups is 2. The second-order valence-electron chi connectivity index (χ2n) is 5.19. The lowest BCUT2D eigenvalue weighted by Crippen LogP contribution is -2.22. The Morgan fingerprint density at radius 2 is 1.58 bits per heavy atom. The molecular weight excluding hydrogens is 358 g/mol. The summed E-state index contributed by atoms with van der Waals surface area (Å²) in [6.45, 7) is 1.74. The number of ether oxygens (including phenoxy) is 1. The predicted molar refractivity (Wildman–Crippen MR) is 99.5 cm³/mol. The summed E-state index contributed by atoms with van der Waals surface area (Å²) < 4.78 is 4.50. The second-order valence-corrected chi connectivity index (χ2v) is 6.61. The van der Waals surface area contributed by atoms with Crippen LogP contribution in [-0.4, -0.2) is 29.3 Å². The first kappa shape index (κ1) is 19.3. The van der Waals surface area contributed by atoms with Crippen LogP contribution in [-0.2, 0) is 9.53 Å². The van der Waals surface area contributed by atoms with Crippen molar-refractivity contribution in [1.29, 1.82) is 0 Å². The average molecular weight is 375 g/mol. The second kappa shape index (κ2) is 8.86. The smallest absolute Gasteiger partial charge is 0.411 e. The maximum atomic E-state index is 12.3. The van der Waals surface area contributed by atoms with Gasteiger partial charge in [0, 0.05) is 28.4 Å². The van der Waals surface area contributed by atoms with Crippen LogP contribution in [0.5, 0.6) is 0 Å². The molecule has 2 aromatic carbocycles. The average Bonchev–Trinajstić information content (AvgIpc) is 2.63.